The molecule has 0 fully saturated rings. The summed E-state index contributed by atoms with van der Waals surface area (Å²) >= 11 is 1.76. The summed E-state index contributed by atoms with van der Waals surface area (Å²) < 4.78 is 35.6. The van der Waals surface area contributed by atoms with Gasteiger partial charge in [-0.25, -0.2) is 13.2 Å². The second-order valence-electron chi connectivity index (χ2n) is 10.5. The Bertz CT molecular complexity index is 1470. The zero-order chi connectivity index (χ0) is 30.9. The summed E-state index contributed by atoms with van der Waals surface area (Å²) in [6.45, 7) is 4.99. The maximum Gasteiger partial charge on any atom is 0.326 e. The number of carboxylic acid groups (broad SMARTS) is 1. The standard InChI is InChI=1S/C31H40N2O7S2/c1-6-41-20-29(28-14-12-23(40-28)18-33(3)4)39-19-22-11-13-25(26(17-22)24-10-8-7-9-21(24)2)30(34)32-27(31(35)36)15-16-42(5,37)38/h7-14,17,27,29H,6,15-16,18-20H2,1-5H3,(H,32,34)(H,35,36)/t27-,29-/m0/s1. The molecule has 1 heterocycles. The normalized spacial score (nSPS) is 13.2. The highest BCUT2D eigenvalue weighted by atomic mass is 32.2. The van der Waals surface area contributed by atoms with Crippen molar-refractivity contribution < 1.29 is 32.3 Å². The zero-order valence-corrected chi connectivity index (χ0v) is 26.4. The molecule has 0 saturated heterocycles. The van der Waals surface area contributed by atoms with Crippen LogP contribution in [-0.2, 0) is 32.5 Å². The average Bonchev–Trinajstić information content (AvgIpc) is 3.38. The van der Waals surface area contributed by atoms with Gasteiger partial charge in [0, 0.05) is 17.6 Å². The van der Waals surface area contributed by atoms with Crippen LogP contribution in [0.1, 0.15) is 52.5 Å². The van der Waals surface area contributed by atoms with Gasteiger partial charge in [0.05, 0.1) is 18.9 Å². The molecule has 0 bridgehead atoms. The van der Waals surface area contributed by atoms with E-state index in [0.29, 0.717) is 12.1 Å². The number of nitrogens with zero attached hydrogens (tertiary/aromatic N) is 1. The van der Waals surface area contributed by atoms with E-state index >= 15 is 0 Å². The fraction of sp³-hybridized carbons (Fsp3) is 0.419. The van der Waals surface area contributed by atoms with Crippen LogP contribution in [0.3, 0.4) is 0 Å². The van der Waals surface area contributed by atoms with Gasteiger partial charge in [-0.05, 0) is 79.7 Å². The van der Waals surface area contributed by atoms with Gasteiger partial charge >= 0.3 is 5.97 Å². The molecule has 0 unspecified atom stereocenters. The van der Waals surface area contributed by atoms with Gasteiger partial charge in [0.1, 0.15) is 33.5 Å². The van der Waals surface area contributed by atoms with Crippen LogP contribution in [0.15, 0.2) is 59.0 Å². The predicted molar refractivity (Wildman–Crippen MR) is 166 cm³/mol. The van der Waals surface area contributed by atoms with Crippen LogP contribution >= 0.6 is 11.8 Å². The molecule has 9 nitrogen and oxygen atoms in total. The molecule has 0 spiro atoms. The molecule has 2 atom stereocenters. The summed E-state index contributed by atoms with van der Waals surface area (Å²) in [7, 11) is 0.567. The number of nitrogens with one attached hydrogen (secondary N) is 1. The van der Waals surface area contributed by atoms with E-state index in [-0.39, 0.29) is 30.4 Å². The van der Waals surface area contributed by atoms with Crippen LogP contribution in [0.25, 0.3) is 11.1 Å². The van der Waals surface area contributed by atoms with Crippen LogP contribution in [0, 0.1) is 6.92 Å². The summed E-state index contributed by atoms with van der Waals surface area (Å²) in [6.07, 6.45) is 0.540. The lowest BCUT2D eigenvalue weighted by Crippen LogP contribution is -2.42. The highest BCUT2D eigenvalue weighted by molar-refractivity contribution is 7.99. The maximum absolute atomic E-state index is 13.4. The number of hydrogen-bond acceptors (Lipinski definition) is 8. The van der Waals surface area contributed by atoms with Gasteiger partial charge in [-0.3, -0.25) is 4.79 Å². The van der Waals surface area contributed by atoms with E-state index in [0.717, 1.165) is 46.0 Å². The third-order valence-electron chi connectivity index (χ3n) is 6.54. The molecule has 2 N–H and O–H groups in total. The van der Waals surface area contributed by atoms with Crippen LogP contribution in [0.4, 0.5) is 0 Å². The largest absolute Gasteiger partial charge is 0.480 e. The predicted octanol–water partition coefficient (Wildman–Crippen LogP) is 4.95. The van der Waals surface area contributed by atoms with Crippen LogP contribution in [0.2, 0.25) is 0 Å². The minimum absolute atomic E-state index is 0.230. The van der Waals surface area contributed by atoms with E-state index in [1.807, 2.05) is 68.4 Å². The molecule has 0 aliphatic rings. The quantitative estimate of drug-likeness (QED) is 0.230. The molecule has 0 radical (unpaired) electrons. The smallest absolute Gasteiger partial charge is 0.326 e. The number of aryl methyl sites for hydroxylation is 1. The lowest BCUT2D eigenvalue weighted by Gasteiger charge is -2.19. The molecule has 0 aliphatic heterocycles. The molecule has 3 rings (SSSR count). The molecule has 0 aliphatic carbocycles. The van der Waals surface area contributed by atoms with Gasteiger partial charge in [0.15, 0.2) is 0 Å². The second-order valence-corrected chi connectivity index (χ2v) is 14.1. The van der Waals surface area contributed by atoms with Crippen LogP contribution < -0.4 is 5.32 Å². The monoisotopic (exact) mass is 616 g/mol. The van der Waals surface area contributed by atoms with Crippen molar-refractivity contribution in [1.82, 2.24) is 10.2 Å². The molecule has 1 aromatic heterocycles. The number of carbonyl (C=O) groups is 2. The average molecular weight is 617 g/mol. The number of sulfone groups is 1. The van der Waals surface area contributed by atoms with E-state index in [2.05, 4.69) is 12.2 Å². The van der Waals surface area contributed by atoms with Crippen molar-refractivity contribution in [3.05, 3.63) is 82.8 Å². The highest BCUT2D eigenvalue weighted by Crippen LogP contribution is 2.30. The third-order valence-corrected chi connectivity index (χ3v) is 8.46. The summed E-state index contributed by atoms with van der Waals surface area (Å²) in [4.78, 5) is 27.2. The first-order valence-corrected chi connectivity index (χ1v) is 16.9. The minimum atomic E-state index is -3.40. The van der Waals surface area contributed by atoms with Gasteiger partial charge in [0.2, 0.25) is 0 Å². The third kappa shape index (κ3) is 10.0. The fourth-order valence-corrected chi connectivity index (χ4v) is 5.77. The number of rotatable bonds is 16. The van der Waals surface area contributed by atoms with Crippen molar-refractivity contribution in [2.75, 3.05) is 37.6 Å². The van der Waals surface area contributed by atoms with Crippen LogP contribution in [-0.4, -0.2) is 74.0 Å². The molecule has 0 saturated carbocycles. The number of aliphatic carboxylic acids is 1. The molecular weight excluding hydrogens is 576 g/mol. The molecular formula is C31H40N2O7S2. The highest BCUT2D eigenvalue weighted by Gasteiger charge is 2.25. The molecule has 1 amide bonds. The van der Waals surface area contributed by atoms with Crippen molar-refractivity contribution in [2.24, 2.45) is 0 Å². The molecule has 11 heteroatoms. The van der Waals surface area contributed by atoms with E-state index in [4.69, 9.17) is 9.15 Å². The van der Waals surface area contributed by atoms with Crippen molar-refractivity contribution in [1.29, 1.82) is 0 Å². The second kappa shape index (κ2) is 15.4. The Balaban J connectivity index is 1.89. The molecule has 2 aromatic carbocycles. The Morgan fingerprint density at radius 2 is 1.83 bits per heavy atom. The summed E-state index contributed by atoms with van der Waals surface area (Å²) in [6, 6.07) is 15.5. The van der Waals surface area contributed by atoms with E-state index in [1.54, 1.807) is 23.9 Å². The van der Waals surface area contributed by atoms with Gasteiger partial charge in [-0.2, -0.15) is 11.8 Å². The Morgan fingerprint density at radius 3 is 2.48 bits per heavy atom. The first kappa shape index (κ1) is 33.4. The van der Waals surface area contributed by atoms with Gasteiger partial charge in [-0.15, -0.1) is 0 Å². The van der Waals surface area contributed by atoms with Crippen molar-refractivity contribution in [3.8, 4) is 11.1 Å². The van der Waals surface area contributed by atoms with Gasteiger partial charge < -0.3 is 24.5 Å². The topological polar surface area (TPSA) is 126 Å². The Morgan fingerprint density at radius 1 is 1.10 bits per heavy atom. The molecule has 228 valence electrons. The lowest BCUT2D eigenvalue weighted by atomic mass is 9.93. The number of amides is 1. The zero-order valence-electron chi connectivity index (χ0n) is 24.8. The number of thioether (sulfide) groups is 1. The summed E-state index contributed by atoms with van der Waals surface area (Å²) in [5.74, 6) is 1.04. The lowest BCUT2D eigenvalue weighted by molar-refractivity contribution is -0.139. The van der Waals surface area contributed by atoms with Gasteiger partial charge in [0.25, 0.3) is 5.91 Å². The first-order valence-electron chi connectivity index (χ1n) is 13.7. The van der Waals surface area contributed by atoms with E-state index in [1.165, 1.54) is 0 Å². The molecule has 42 heavy (non-hydrogen) atoms. The Kier molecular flexibility index (Phi) is 12.2. The number of carbonyl (C=O) groups excluding carboxylic acids is 1. The first-order chi connectivity index (χ1) is 19.9. The number of hydrogen-bond donors (Lipinski definition) is 2. The summed E-state index contributed by atoms with van der Waals surface area (Å²) in [5.41, 5.74) is 3.52. The van der Waals surface area contributed by atoms with Crippen molar-refractivity contribution in [2.45, 2.75) is 45.6 Å². The fourth-order valence-electron chi connectivity index (χ4n) is 4.40. The van der Waals surface area contributed by atoms with Gasteiger partial charge in [-0.1, -0.05) is 37.3 Å². The van der Waals surface area contributed by atoms with Crippen LogP contribution in [0.5, 0.6) is 0 Å². The Labute approximate surface area is 252 Å². The van der Waals surface area contributed by atoms with Crippen molar-refractivity contribution in [3.63, 3.8) is 0 Å². The maximum atomic E-state index is 13.4. The number of ether oxygens (including phenoxy) is 1. The SMILES string of the molecule is CCSC[C@H](OCc1ccc(C(=O)N[C@@H](CCS(C)(=O)=O)C(=O)O)c(-c2ccccc2C)c1)c1ccc(CN(C)C)o1. The van der Waals surface area contributed by atoms with E-state index < -0.39 is 27.8 Å². The number of benzene rings is 2. The molecule has 3 aromatic rings. The number of furan rings is 1. The number of carboxylic acids is 1. The van der Waals surface area contributed by atoms with E-state index in [9.17, 15) is 23.1 Å². The Hall–Kier alpha value is -3.12. The minimum Gasteiger partial charge on any atom is -0.480 e. The summed E-state index contributed by atoms with van der Waals surface area (Å²) in [5, 5.41) is 12.1. The van der Waals surface area contributed by atoms with Crippen molar-refractivity contribution >= 4 is 33.5 Å².